The van der Waals surface area contributed by atoms with Crippen LogP contribution in [0.5, 0.6) is 0 Å². The van der Waals surface area contributed by atoms with Crippen LogP contribution in [0.3, 0.4) is 0 Å². The molecule has 0 radical (unpaired) electrons. The van der Waals surface area contributed by atoms with Gasteiger partial charge >= 0.3 is 0 Å². The average Bonchev–Trinajstić information content (AvgIpc) is 3.12. The van der Waals surface area contributed by atoms with Gasteiger partial charge in [0.2, 0.25) is 5.91 Å². The van der Waals surface area contributed by atoms with E-state index in [9.17, 15) is 4.79 Å². The van der Waals surface area contributed by atoms with Gasteiger partial charge in [-0.05, 0) is 54.4 Å². The smallest absolute Gasteiger partial charge is 0.238 e. The molecule has 1 heterocycles. The SMILES string of the molecule is Cc1cc(C)c2nc(NC(=S)NC(=O)C(c3ccccc3)c3ccccc3)sc2c1. The van der Waals surface area contributed by atoms with Crippen LogP contribution in [0.2, 0.25) is 0 Å². The Bertz CT molecular complexity index is 1160. The molecule has 4 aromatic rings. The minimum Gasteiger partial charge on any atom is -0.308 e. The lowest BCUT2D eigenvalue weighted by Crippen LogP contribution is -2.37. The largest absolute Gasteiger partial charge is 0.308 e. The molecule has 0 aliphatic rings. The van der Waals surface area contributed by atoms with Crippen molar-refractivity contribution in [3.05, 3.63) is 95.1 Å². The maximum atomic E-state index is 13.2. The van der Waals surface area contributed by atoms with Crippen molar-refractivity contribution in [2.75, 3.05) is 5.32 Å². The van der Waals surface area contributed by atoms with Crippen LogP contribution < -0.4 is 10.6 Å². The molecular formula is C24H21N3OS2. The van der Waals surface area contributed by atoms with E-state index in [1.807, 2.05) is 67.6 Å². The summed E-state index contributed by atoms with van der Waals surface area (Å²) in [5, 5.41) is 6.83. The number of aromatic nitrogens is 1. The predicted octanol–water partition coefficient (Wildman–Crippen LogP) is 5.56. The van der Waals surface area contributed by atoms with Gasteiger partial charge in [0.05, 0.1) is 16.1 Å². The highest BCUT2D eigenvalue weighted by molar-refractivity contribution is 7.80. The van der Waals surface area contributed by atoms with Crippen molar-refractivity contribution < 1.29 is 4.79 Å². The van der Waals surface area contributed by atoms with Crippen molar-refractivity contribution in [2.45, 2.75) is 19.8 Å². The number of amides is 1. The molecule has 0 spiro atoms. The number of rotatable bonds is 4. The van der Waals surface area contributed by atoms with Gasteiger partial charge in [-0.2, -0.15) is 0 Å². The number of thiazole rings is 1. The highest BCUT2D eigenvalue weighted by Crippen LogP contribution is 2.29. The Labute approximate surface area is 185 Å². The minimum atomic E-state index is -0.451. The Morgan fingerprint density at radius 1 is 0.967 bits per heavy atom. The van der Waals surface area contributed by atoms with Crippen molar-refractivity contribution in [1.29, 1.82) is 0 Å². The number of thiocarbonyl (C=S) groups is 1. The Kier molecular flexibility index (Phi) is 5.88. The maximum absolute atomic E-state index is 13.2. The summed E-state index contributed by atoms with van der Waals surface area (Å²) in [5.41, 5.74) is 5.09. The molecule has 0 unspecified atom stereocenters. The van der Waals surface area contributed by atoms with E-state index in [1.54, 1.807) is 0 Å². The molecule has 0 aliphatic heterocycles. The molecule has 0 aliphatic carbocycles. The van der Waals surface area contributed by atoms with Crippen molar-refractivity contribution in [3.8, 4) is 0 Å². The first-order valence-electron chi connectivity index (χ1n) is 9.61. The van der Waals surface area contributed by atoms with Crippen LogP contribution in [0.1, 0.15) is 28.2 Å². The van der Waals surface area contributed by atoms with E-state index >= 15 is 0 Å². The highest BCUT2D eigenvalue weighted by atomic mass is 32.1. The number of anilines is 1. The third-order valence-electron chi connectivity index (χ3n) is 4.82. The molecule has 0 saturated heterocycles. The second kappa shape index (κ2) is 8.73. The molecule has 150 valence electrons. The summed E-state index contributed by atoms with van der Waals surface area (Å²) in [4.78, 5) is 17.8. The number of benzene rings is 3. The molecule has 2 N–H and O–H groups in total. The summed E-state index contributed by atoms with van der Waals surface area (Å²) in [6.45, 7) is 4.11. The summed E-state index contributed by atoms with van der Waals surface area (Å²) in [7, 11) is 0. The zero-order valence-electron chi connectivity index (χ0n) is 16.7. The van der Waals surface area contributed by atoms with E-state index in [4.69, 9.17) is 12.2 Å². The van der Waals surface area contributed by atoms with Gasteiger partial charge in [0.25, 0.3) is 0 Å². The number of nitrogens with one attached hydrogen (secondary N) is 2. The monoisotopic (exact) mass is 431 g/mol. The van der Waals surface area contributed by atoms with Gasteiger partial charge in [-0.15, -0.1) is 0 Å². The molecule has 30 heavy (non-hydrogen) atoms. The lowest BCUT2D eigenvalue weighted by molar-refractivity contribution is -0.120. The van der Waals surface area contributed by atoms with Crippen LogP contribution in [0.25, 0.3) is 10.2 Å². The number of fused-ring (bicyclic) bond motifs is 1. The normalized spacial score (nSPS) is 10.9. The van der Waals surface area contributed by atoms with Crippen molar-refractivity contribution >= 4 is 49.9 Å². The fourth-order valence-electron chi connectivity index (χ4n) is 3.52. The average molecular weight is 432 g/mol. The molecule has 6 heteroatoms. The van der Waals surface area contributed by atoms with Gasteiger partial charge in [-0.1, -0.05) is 78.1 Å². The lowest BCUT2D eigenvalue weighted by atomic mass is 9.90. The van der Waals surface area contributed by atoms with Crippen LogP contribution in [0, 0.1) is 13.8 Å². The number of hydrogen-bond donors (Lipinski definition) is 2. The van der Waals surface area contributed by atoms with E-state index in [2.05, 4.69) is 34.7 Å². The zero-order valence-corrected chi connectivity index (χ0v) is 18.3. The number of hydrogen-bond acceptors (Lipinski definition) is 4. The van der Waals surface area contributed by atoms with Gasteiger partial charge in [0, 0.05) is 0 Å². The van der Waals surface area contributed by atoms with Crippen molar-refractivity contribution in [2.24, 2.45) is 0 Å². The van der Waals surface area contributed by atoms with Gasteiger partial charge in [0.15, 0.2) is 10.2 Å². The highest BCUT2D eigenvalue weighted by Gasteiger charge is 2.23. The van der Waals surface area contributed by atoms with Crippen molar-refractivity contribution in [1.82, 2.24) is 10.3 Å². The van der Waals surface area contributed by atoms with Crippen LogP contribution >= 0.6 is 23.6 Å². The molecule has 4 nitrogen and oxygen atoms in total. The van der Waals surface area contributed by atoms with Gasteiger partial charge in [-0.25, -0.2) is 4.98 Å². The molecule has 0 saturated carbocycles. The first-order valence-corrected chi connectivity index (χ1v) is 10.8. The zero-order chi connectivity index (χ0) is 21.1. The molecule has 0 fully saturated rings. The third-order valence-corrected chi connectivity index (χ3v) is 5.94. The summed E-state index contributed by atoms with van der Waals surface area (Å²) < 4.78 is 1.09. The second-order valence-electron chi connectivity index (χ2n) is 7.15. The van der Waals surface area contributed by atoms with E-state index < -0.39 is 5.92 Å². The van der Waals surface area contributed by atoms with Gasteiger partial charge in [0.1, 0.15) is 0 Å². The molecule has 0 atom stereocenters. The van der Waals surface area contributed by atoms with Crippen LogP contribution in [-0.2, 0) is 4.79 Å². The molecular weight excluding hydrogens is 410 g/mol. The van der Waals surface area contributed by atoms with E-state index in [0.717, 1.165) is 26.9 Å². The first-order chi connectivity index (χ1) is 14.5. The fourth-order valence-corrected chi connectivity index (χ4v) is 4.83. The lowest BCUT2D eigenvalue weighted by Gasteiger charge is -2.18. The Morgan fingerprint density at radius 2 is 1.57 bits per heavy atom. The summed E-state index contributed by atoms with van der Waals surface area (Å²) in [6.07, 6.45) is 0. The second-order valence-corrected chi connectivity index (χ2v) is 8.58. The van der Waals surface area contributed by atoms with E-state index in [0.29, 0.717) is 5.13 Å². The van der Waals surface area contributed by atoms with Crippen LogP contribution in [-0.4, -0.2) is 16.0 Å². The van der Waals surface area contributed by atoms with Crippen LogP contribution in [0.15, 0.2) is 72.8 Å². The molecule has 4 rings (SSSR count). The topological polar surface area (TPSA) is 54.0 Å². The molecule has 3 aromatic carbocycles. The third kappa shape index (κ3) is 4.40. The number of carbonyl (C=O) groups excluding carboxylic acids is 1. The molecule has 0 bridgehead atoms. The van der Waals surface area contributed by atoms with Gasteiger partial charge in [-0.3, -0.25) is 4.79 Å². The quantitative estimate of drug-likeness (QED) is 0.416. The number of aryl methyl sites for hydroxylation is 2. The first kappa shape index (κ1) is 20.2. The Hall–Kier alpha value is -3.09. The fraction of sp³-hybridized carbons (Fsp3) is 0.125. The van der Waals surface area contributed by atoms with Gasteiger partial charge < -0.3 is 10.6 Å². The number of nitrogens with zero attached hydrogens (tertiary/aromatic N) is 1. The molecule has 1 amide bonds. The standard InChI is InChI=1S/C24H21N3OS2/c1-15-13-16(2)21-19(14-15)30-24(25-21)27-23(29)26-22(28)20(17-9-5-3-6-10-17)18-11-7-4-8-12-18/h3-14,20H,1-2H3,(H2,25,26,27,28,29). The summed E-state index contributed by atoms with van der Waals surface area (Å²) >= 11 is 6.94. The minimum absolute atomic E-state index is 0.182. The molecule has 1 aromatic heterocycles. The van der Waals surface area contributed by atoms with E-state index in [1.165, 1.54) is 16.9 Å². The Balaban J connectivity index is 1.54. The summed E-state index contributed by atoms with van der Waals surface area (Å²) in [6, 6.07) is 23.6. The summed E-state index contributed by atoms with van der Waals surface area (Å²) in [5.74, 6) is -0.634. The van der Waals surface area contributed by atoms with Crippen molar-refractivity contribution in [3.63, 3.8) is 0 Å². The number of carbonyl (C=O) groups is 1. The Morgan fingerprint density at radius 3 is 2.17 bits per heavy atom. The predicted molar refractivity (Wildman–Crippen MR) is 128 cm³/mol. The van der Waals surface area contributed by atoms with Crippen LogP contribution in [0.4, 0.5) is 5.13 Å². The van der Waals surface area contributed by atoms with E-state index in [-0.39, 0.29) is 11.0 Å². The maximum Gasteiger partial charge on any atom is 0.238 e.